The van der Waals surface area contributed by atoms with Gasteiger partial charge in [-0.15, -0.1) is 0 Å². The molecule has 142 valence electrons. The zero-order chi connectivity index (χ0) is 20.2. The SMILES string of the molecule is N#CC1=C(c2ccccc2)O[C@H](c2ccccc2)C[C@H]1c1ccc([N+](=O)[O-])cc1. The molecule has 0 saturated heterocycles. The van der Waals surface area contributed by atoms with Gasteiger partial charge in [-0.3, -0.25) is 10.1 Å². The number of nitriles is 1. The van der Waals surface area contributed by atoms with Crippen LogP contribution in [0.5, 0.6) is 0 Å². The lowest BCUT2D eigenvalue weighted by molar-refractivity contribution is -0.384. The Balaban J connectivity index is 1.82. The van der Waals surface area contributed by atoms with Crippen LogP contribution in [0.2, 0.25) is 0 Å². The molecule has 0 radical (unpaired) electrons. The van der Waals surface area contributed by atoms with E-state index < -0.39 is 4.92 Å². The van der Waals surface area contributed by atoms with Crippen LogP contribution >= 0.6 is 0 Å². The van der Waals surface area contributed by atoms with Gasteiger partial charge in [-0.1, -0.05) is 72.8 Å². The summed E-state index contributed by atoms with van der Waals surface area (Å²) in [5.74, 6) is 0.353. The van der Waals surface area contributed by atoms with E-state index in [1.165, 1.54) is 12.1 Å². The summed E-state index contributed by atoms with van der Waals surface area (Å²) in [6, 6.07) is 28.3. The third-order valence-electron chi connectivity index (χ3n) is 5.14. The Morgan fingerprint density at radius 3 is 2.10 bits per heavy atom. The Morgan fingerprint density at radius 1 is 0.897 bits per heavy atom. The number of ether oxygens (including phenoxy) is 1. The standard InChI is InChI=1S/C24H18N2O3/c25-16-22-21(17-11-13-20(14-12-17)26(27)28)15-23(18-7-3-1-4-8-18)29-24(22)19-9-5-2-6-10-19/h1-14,21,23H,15H2/t21-,23-/m0/s1. The van der Waals surface area contributed by atoms with Crippen LogP contribution in [0.3, 0.4) is 0 Å². The molecule has 2 atom stereocenters. The van der Waals surface area contributed by atoms with Gasteiger partial charge in [-0.05, 0) is 11.1 Å². The summed E-state index contributed by atoms with van der Waals surface area (Å²) in [4.78, 5) is 10.6. The highest BCUT2D eigenvalue weighted by Gasteiger charge is 2.33. The van der Waals surface area contributed by atoms with E-state index in [0.717, 1.165) is 16.7 Å². The van der Waals surface area contributed by atoms with Gasteiger partial charge < -0.3 is 4.74 Å². The molecule has 5 nitrogen and oxygen atoms in total. The van der Waals surface area contributed by atoms with Crippen molar-refractivity contribution in [2.24, 2.45) is 0 Å². The number of allylic oxidation sites excluding steroid dienone is 1. The number of hydrogen-bond donors (Lipinski definition) is 0. The summed E-state index contributed by atoms with van der Waals surface area (Å²) in [6.07, 6.45) is 0.366. The molecule has 1 heterocycles. The van der Waals surface area contributed by atoms with E-state index in [-0.39, 0.29) is 17.7 Å². The zero-order valence-electron chi connectivity index (χ0n) is 15.6. The minimum Gasteiger partial charge on any atom is -0.484 e. The van der Waals surface area contributed by atoms with Crippen molar-refractivity contribution >= 4 is 11.4 Å². The Labute approximate surface area is 168 Å². The molecule has 4 rings (SSSR count). The van der Waals surface area contributed by atoms with Crippen LogP contribution < -0.4 is 0 Å². The van der Waals surface area contributed by atoms with Crippen LogP contribution in [-0.4, -0.2) is 4.92 Å². The number of nitrogens with zero attached hydrogens (tertiary/aromatic N) is 2. The van der Waals surface area contributed by atoms with Crippen LogP contribution in [0.25, 0.3) is 5.76 Å². The number of rotatable bonds is 4. The van der Waals surface area contributed by atoms with Crippen molar-refractivity contribution in [2.45, 2.75) is 18.4 Å². The Morgan fingerprint density at radius 2 is 1.52 bits per heavy atom. The summed E-state index contributed by atoms with van der Waals surface area (Å²) in [7, 11) is 0. The first-order chi connectivity index (χ1) is 14.2. The molecule has 0 bridgehead atoms. The quantitative estimate of drug-likeness (QED) is 0.424. The summed E-state index contributed by atoms with van der Waals surface area (Å²) in [5.41, 5.74) is 3.31. The van der Waals surface area contributed by atoms with Crippen LogP contribution in [0, 0.1) is 21.4 Å². The summed E-state index contributed by atoms with van der Waals surface area (Å²) in [5, 5.41) is 21.0. The number of non-ortho nitro benzene ring substituents is 1. The molecular formula is C24H18N2O3. The molecule has 1 aliphatic rings. The topological polar surface area (TPSA) is 76.2 Å². The lowest BCUT2D eigenvalue weighted by atomic mass is 9.81. The highest BCUT2D eigenvalue weighted by atomic mass is 16.6. The van der Waals surface area contributed by atoms with Crippen LogP contribution in [-0.2, 0) is 4.74 Å². The molecular weight excluding hydrogens is 364 g/mol. The second-order valence-electron chi connectivity index (χ2n) is 6.87. The number of hydrogen-bond acceptors (Lipinski definition) is 4. The first kappa shape index (κ1) is 18.5. The molecule has 5 heteroatoms. The normalized spacial score (nSPS) is 18.6. The fraction of sp³-hybridized carbons (Fsp3) is 0.125. The molecule has 0 unspecified atom stereocenters. The van der Waals surface area contributed by atoms with Gasteiger partial charge in [0.1, 0.15) is 11.9 Å². The molecule has 3 aromatic carbocycles. The van der Waals surface area contributed by atoms with E-state index in [2.05, 4.69) is 6.07 Å². The first-order valence-corrected chi connectivity index (χ1v) is 9.33. The minimum absolute atomic E-state index is 0.0335. The summed E-state index contributed by atoms with van der Waals surface area (Å²) in [6.45, 7) is 0. The fourth-order valence-corrected chi connectivity index (χ4v) is 3.69. The lowest BCUT2D eigenvalue weighted by Gasteiger charge is -2.32. The van der Waals surface area contributed by atoms with Crippen molar-refractivity contribution in [2.75, 3.05) is 0 Å². The van der Waals surface area contributed by atoms with Crippen molar-refractivity contribution in [1.82, 2.24) is 0 Å². The lowest BCUT2D eigenvalue weighted by Crippen LogP contribution is -2.19. The van der Waals surface area contributed by atoms with E-state index in [1.807, 2.05) is 60.7 Å². The number of nitro benzene ring substituents is 1. The number of nitro groups is 1. The Kier molecular flexibility index (Phi) is 5.08. The largest absolute Gasteiger partial charge is 0.484 e. The minimum atomic E-state index is -0.420. The van der Waals surface area contributed by atoms with E-state index in [9.17, 15) is 15.4 Å². The maximum absolute atomic E-state index is 11.0. The average molecular weight is 382 g/mol. The molecule has 29 heavy (non-hydrogen) atoms. The van der Waals surface area contributed by atoms with Crippen molar-refractivity contribution < 1.29 is 9.66 Å². The first-order valence-electron chi connectivity index (χ1n) is 9.33. The molecule has 0 aliphatic carbocycles. The maximum Gasteiger partial charge on any atom is 0.269 e. The average Bonchev–Trinajstić information content (AvgIpc) is 2.79. The van der Waals surface area contributed by atoms with Crippen molar-refractivity contribution in [3.05, 3.63) is 117 Å². The van der Waals surface area contributed by atoms with Gasteiger partial charge in [-0.25, -0.2) is 0 Å². The highest BCUT2D eigenvalue weighted by molar-refractivity contribution is 5.70. The molecule has 0 N–H and O–H groups in total. The third-order valence-corrected chi connectivity index (χ3v) is 5.14. The Bertz CT molecular complexity index is 1080. The van der Waals surface area contributed by atoms with E-state index in [1.54, 1.807) is 12.1 Å². The van der Waals surface area contributed by atoms with E-state index in [4.69, 9.17) is 4.74 Å². The van der Waals surface area contributed by atoms with Crippen LogP contribution in [0.1, 0.15) is 35.1 Å². The zero-order valence-corrected chi connectivity index (χ0v) is 15.6. The van der Waals surface area contributed by atoms with E-state index in [0.29, 0.717) is 17.8 Å². The second-order valence-corrected chi connectivity index (χ2v) is 6.87. The molecule has 0 fully saturated rings. The van der Waals surface area contributed by atoms with Crippen molar-refractivity contribution in [3.63, 3.8) is 0 Å². The Hall–Kier alpha value is -3.91. The predicted molar refractivity (Wildman–Crippen MR) is 110 cm³/mol. The van der Waals surface area contributed by atoms with Gasteiger partial charge in [0.05, 0.1) is 16.6 Å². The summed E-state index contributed by atoms with van der Waals surface area (Å²) < 4.78 is 6.32. The van der Waals surface area contributed by atoms with Crippen LogP contribution in [0.4, 0.5) is 5.69 Å². The number of benzene rings is 3. The highest BCUT2D eigenvalue weighted by Crippen LogP contribution is 2.45. The molecule has 3 aromatic rings. The molecule has 0 amide bonds. The van der Waals surface area contributed by atoms with Crippen molar-refractivity contribution in [1.29, 1.82) is 5.26 Å². The summed E-state index contributed by atoms with van der Waals surface area (Å²) >= 11 is 0. The molecule has 0 spiro atoms. The monoisotopic (exact) mass is 382 g/mol. The van der Waals surface area contributed by atoms with Gasteiger partial charge in [0, 0.05) is 30.0 Å². The molecule has 1 aliphatic heterocycles. The molecule has 0 aromatic heterocycles. The van der Waals surface area contributed by atoms with Gasteiger partial charge >= 0.3 is 0 Å². The maximum atomic E-state index is 11.0. The van der Waals surface area contributed by atoms with Crippen molar-refractivity contribution in [3.8, 4) is 6.07 Å². The van der Waals surface area contributed by atoms with Gasteiger partial charge in [0.2, 0.25) is 0 Å². The molecule has 0 saturated carbocycles. The van der Waals surface area contributed by atoms with Gasteiger partial charge in [0.15, 0.2) is 0 Å². The predicted octanol–water partition coefficient (Wildman–Crippen LogP) is 5.77. The van der Waals surface area contributed by atoms with Gasteiger partial charge in [0.25, 0.3) is 5.69 Å². The second kappa shape index (κ2) is 7.99. The van der Waals surface area contributed by atoms with E-state index >= 15 is 0 Å². The fourth-order valence-electron chi connectivity index (χ4n) is 3.69. The van der Waals surface area contributed by atoms with Gasteiger partial charge in [-0.2, -0.15) is 5.26 Å². The smallest absolute Gasteiger partial charge is 0.269 e. The third kappa shape index (κ3) is 3.74. The van der Waals surface area contributed by atoms with Crippen LogP contribution in [0.15, 0.2) is 90.5 Å².